The first kappa shape index (κ1) is 14.7. The second kappa shape index (κ2) is 6.16. The van der Waals surface area contributed by atoms with Crippen molar-refractivity contribution in [2.75, 3.05) is 24.5 Å². The second-order valence-corrected chi connectivity index (χ2v) is 5.69. The molecule has 2 amide bonds. The van der Waals surface area contributed by atoms with Crippen LogP contribution in [0.2, 0.25) is 0 Å². The summed E-state index contributed by atoms with van der Waals surface area (Å²) in [4.78, 5) is 16.4. The largest absolute Gasteiger partial charge is 0.508 e. The molecule has 0 aliphatic carbocycles. The number of hydrogen-bond acceptors (Lipinski definition) is 2. The molecule has 1 atom stereocenters. The monoisotopic (exact) mass is 276 g/mol. The van der Waals surface area contributed by atoms with Crippen LogP contribution in [-0.4, -0.2) is 35.7 Å². The Morgan fingerprint density at radius 3 is 2.90 bits per heavy atom. The average Bonchev–Trinajstić information content (AvgIpc) is 2.43. The van der Waals surface area contributed by atoms with E-state index in [0.717, 1.165) is 30.8 Å². The number of hydrogen-bond donors (Lipinski definition) is 1. The van der Waals surface area contributed by atoms with Crippen LogP contribution >= 0.6 is 0 Å². The summed E-state index contributed by atoms with van der Waals surface area (Å²) in [6.07, 6.45) is 2.27. The van der Waals surface area contributed by atoms with Gasteiger partial charge in [-0.3, -0.25) is 4.90 Å². The summed E-state index contributed by atoms with van der Waals surface area (Å²) in [5, 5.41) is 9.66. The van der Waals surface area contributed by atoms with Gasteiger partial charge in [0.1, 0.15) is 5.75 Å². The van der Waals surface area contributed by atoms with Crippen LogP contribution in [0, 0.1) is 12.8 Å². The van der Waals surface area contributed by atoms with Crippen LogP contribution in [0.5, 0.6) is 5.75 Å². The number of urea groups is 1. The lowest BCUT2D eigenvalue weighted by Gasteiger charge is -2.35. The molecule has 1 aliphatic heterocycles. The van der Waals surface area contributed by atoms with E-state index >= 15 is 0 Å². The van der Waals surface area contributed by atoms with Crippen molar-refractivity contribution in [1.29, 1.82) is 0 Å². The molecule has 1 fully saturated rings. The summed E-state index contributed by atoms with van der Waals surface area (Å²) in [7, 11) is 0. The van der Waals surface area contributed by atoms with E-state index in [0.29, 0.717) is 12.5 Å². The van der Waals surface area contributed by atoms with Crippen molar-refractivity contribution < 1.29 is 9.90 Å². The highest BCUT2D eigenvalue weighted by molar-refractivity contribution is 5.93. The molecule has 0 radical (unpaired) electrons. The quantitative estimate of drug-likeness (QED) is 0.900. The molecular weight excluding hydrogens is 252 g/mol. The highest BCUT2D eigenvalue weighted by atomic mass is 16.3. The summed E-state index contributed by atoms with van der Waals surface area (Å²) in [6.45, 7) is 8.38. The number of rotatable bonds is 2. The average molecular weight is 276 g/mol. The van der Waals surface area contributed by atoms with E-state index in [1.165, 1.54) is 6.42 Å². The molecule has 0 aromatic heterocycles. The molecule has 110 valence electrons. The molecule has 0 spiro atoms. The van der Waals surface area contributed by atoms with Gasteiger partial charge in [0.2, 0.25) is 0 Å². The topological polar surface area (TPSA) is 43.8 Å². The Labute approximate surface area is 121 Å². The number of likely N-dealkylation sites (tertiary alicyclic amines) is 1. The summed E-state index contributed by atoms with van der Waals surface area (Å²) in [5.41, 5.74) is 1.80. The first-order valence-electron chi connectivity index (χ1n) is 7.39. The molecule has 2 rings (SSSR count). The molecule has 0 bridgehead atoms. The minimum atomic E-state index is 0.0488. The highest BCUT2D eigenvalue weighted by Gasteiger charge is 2.26. The Balaban J connectivity index is 2.22. The predicted molar refractivity (Wildman–Crippen MR) is 81.2 cm³/mol. The van der Waals surface area contributed by atoms with Gasteiger partial charge in [-0.15, -0.1) is 0 Å². The van der Waals surface area contributed by atoms with Gasteiger partial charge in [0.05, 0.1) is 5.69 Å². The Morgan fingerprint density at radius 2 is 2.25 bits per heavy atom. The lowest BCUT2D eigenvalue weighted by atomic mass is 10.0. The molecule has 0 saturated carbocycles. The molecule has 1 N–H and O–H groups in total. The van der Waals surface area contributed by atoms with E-state index in [9.17, 15) is 9.90 Å². The van der Waals surface area contributed by atoms with Crippen molar-refractivity contribution in [1.82, 2.24) is 4.90 Å². The molecule has 1 aromatic carbocycles. The minimum Gasteiger partial charge on any atom is -0.508 e. The molecule has 4 nitrogen and oxygen atoms in total. The van der Waals surface area contributed by atoms with Gasteiger partial charge in [-0.2, -0.15) is 0 Å². The Kier molecular flexibility index (Phi) is 4.53. The minimum absolute atomic E-state index is 0.0488. The number of phenolic OH excluding ortho intramolecular Hbond substituents is 1. The van der Waals surface area contributed by atoms with Gasteiger partial charge in [-0.05, 0) is 44.2 Å². The first-order valence-corrected chi connectivity index (χ1v) is 7.39. The first-order chi connectivity index (χ1) is 9.52. The van der Waals surface area contributed by atoms with E-state index < -0.39 is 0 Å². The van der Waals surface area contributed by atoms with Gasteiger partial charge >= 0.3 is 6.03 Å². The normalized spacial score (nSPS) is 18.9. The fourth-order valence-corrected chi connectivity index (χ4v) is 2.83. The molecule has 4 heteroatoms. The van der Waals surface area contributed by atoms with Gasteiger partial charge in [0.25, 0.3) is 0 Å². The predicted octanol–water partition coefficient (Wildman–Crippen LogP) is 3.38. The summed E-state index contributed by atoms with van der Waals surface area (Å²) in [6, 6.07) is 5.22. The van der Waals surface area contributed by atoms with Crippen LogP contribution in [0.25, 0.3) is 0 Å². The van der Waals surface area contributed by atoms with Crippen LogP contribution < -0.4 is 4.90 Å². The van der Waals surface area contributed by atoms with Crippen LogP contribution in [0.4, 0.5) is 10.5 Å². The molecule has 1 heterocycles. The molecule has 1 aliphatic rings. The van der Waals surface area contributed by atoms with Gasteiger partial charge in [-0.1, -0.05) is 13.0 Å². The number of carbonyl (C=O) groups excluding carboxylic acids is 1. The van der Waals surface area contributed by atoms with Gasteiger partial charge in [0, 0.05) is 25.7 Å². The molecule has 1 aromatic rings. The van der Waals surface area contributed by atoms with E-state index in [4.69, 9.17) is 0 Å². The highest BCUT2D eigenvalue weighted by Crippen LogP contribution is 2.27. The van der Waals surface area contributed by atoms with Gasteiger partial charge in [0.15, 0.2) is 0 Å². The Bertz CT molecular complexity index is 487. The number of nitrogens with zero attached hydrogens (tertiary/aromatic N) is 2. The number of piperidine rings is 1. The Hall–Kier alpha value is -1.71. The summed E-state index contributed by atoms with van der Waals surface area (Å²) < 4.78 is 0. The van der Waals surface area contributed by atoms with E-state index in [2.05, 4.69) is 6.92 Å². The molecule has 20 heavy (non-hydrogen) atoms. The third kappa shape index (κ3) is 3.06. The maximum atomic E-state index is 12.7. The smallest absolute Gasteiger partial charge is 0.324 e. The summed E-state index contributed by atoms with van der Waals surface area (Å²) >= 11 is 0. The van der Waals surface area contributed by atoms with Crippen LogP contribution in [0.15, 0.2) is 18.2 Å². The fraction of sp³-hybridized carbons (Fsp3) is 0.562. The number of aromatic hydroxyl groups is 1. The van der Waals surface area contributed by atoms with Crippen molar-refractivity contribution in [2.45, 2.75) is 33.6 Å². The van der Waals surface area contributed by atoms with Crippen LogP contribution in [0.3, 0.4) is 0 Å². The zero-order chi connectivity index (χ0) is 14.7. The van der Waals surface area contributed by atoms with Crippen LogP contribution in [0.1, 0.15) is 32.3 Å². The lowest BCUT2D eigenvalue weighted by molar-refractivity contribution is 0.176. The molecule has 1 saturated heterocycles. The third-order valence-electron chi connectivity index (χ3n) is 3.96. The number of benzene rings is 1. The second-order valence-electron chi connectivity index (χ2n) is 5.69. The maximum absolute atomic E-state index is 12.7. The van der Waals surface area contributed by atoms with Crippen LogP contribution in [-0.2, 0) is 0 Å². The fourth-order valence-electron chi connectivity index (χ4n) is 2.83. The number of phenols is 1. The zero-order valence-corrected chi connectivity index (χ0v) is 12.6. The van der Waals surface area contributed by atoms with Crippen molar-refractivity contribution >= 4 is 11.7 Å². The number of anilines is 1. The summed E-state index contributed by atoms with van der Waals surface area (Å²) in [5.74, 6) is 0.764. The lowest BCUT2D eigenvalue weighted by Crippen LogP contribution is -2.47. The van der Waals surface area contributed by atoms with E-state index in [1.54, 1.807) is 17.0 Å². The maximum Gasteiger partial charge on any atom is 0.324 e. The van der Waals surface area contributed by atoms with E-state index in [1.807, 2.05) is 24.8 Å². The molecule has 1 unspecified atom stereocenters. The Morgan fingerprint density at radius 1 is 1.50 bits per heavy atom. The standard InChI is InChI=1S/C16H24N2O2/c1-4-18(15-10-14(19)8-7-13(15)3)16(20)17-9-5-6-12(2)11-17/h7-8,10,12,19H,4-6,9,11H2,1-3H3. The van der Waals surface area contributed by atoms with Crippen molar-refractivity contribution in [2.24, 2.45) is 5.92 Å². The zero-order valence-electron chi connectivity index (χ0n) is 12.6. The molecular formula is C16H24N2O2. The van der Waals surface area contributed by atoms with Gasteiger partial charge in [-0.25, -0.2) is 4.79 Å². The van der Waals surface area contributed by atoms with E-state index in [-0.39, 0.29) is 11.8 Å². The third-order valence-corrected chi connectivity index (χ3v) is 3.96. The number of amides is 2. The number of carbonyl (C=O) groups is 1. The van der Waals surface area contributed by atoms with Crippen molar-refractivity contribution in [3.8, 4) is 5.75 Å². The van der Waals surface area contributed by atoms with Gasteiger partial charge < -0.3 is 10.0 Å². The number of aryl methyl sites for hydroxylation is 1. The SMILES string of the molecule is CCN(C(=O)N1CCCC(C)C1)c1cc(O)ccc1C. The van der Waals surface area contributed by atoms with Crippen molar-refractivity contribution in [3.05, 3.63) is 23.8 Å². The van der Waals surface area contributed by atoms with Crippen molar-refractivity contribution in [3.63, 3.8) is 0 Å².